The van der Waals surface area contributed by atoms with Gasteiger partial charge in [-0.15, -0.1) is 5.10 Å². The molecule has 0 spiro atoms. The van der Waals surface area contributed by atoms with Crippen molar-refractivity contribution in [1.82, 2.24) is 25.4 Å². The molecular weight excluding hydrogens is 364 g/mol. The van der Waals surface area contributed by atoms with Crippen LogP contribution in [0, 0.1) is 13.8 Å². The second-order valence-corrected chi connectivity index (χ2v) is 6.93. The zero-order valence-corrected chi connectivity index (χ0v) is 15.7. The Hall–Kier alpha value is -3.33. The minimum atomic E-state index is -0.309. The molecule has 136 valence electrons. The SMILES string of the molecule is COc1nnc(NC(=O)c2cnc(C)cc2-c2c(C)ccc3[nH]ncc23)s1. The molecule has 0 aliphatic rings. The normalized spacial score (nSPS) is 10.9. The lowest BCUT2D eigenvalue weighted by Crippen LogP contribution is -2.14. The molecule has 0 unspecified atom stereocenters. The summed E-state index contributed by atoms with van der Waals surface area (Å²) in [5, 5.41) is 19.3. The van der Waals surface area contributed by atoms with Crippen molar-refractivity contribution in [3.8, 4) is 16.3 Å². The smallest absolute Gasteiger partial charge is 0.295 e. The average molecular weight is 380 g/mol. The first-order chi connectivity index (χ1) is 13.1. The van der Waals surface area contributed by atoms with Crippen molar-refractivity contribution in [3.05, 3.63) is 47.4 Å². The minimum Gasteiger partial charge on any atom is -0.472 e. The van der Waals surface area contributed by atoms with Crippen LogP contribution < -0.4 is 10.1 Å². The molecular formula is C18H16N6O2S. The zero-order valence-electron chi connectivity index (χ0n) is 14.9. The molecule has 0 aliphatic carbocycles. The first-order valence-corrected chi connectivity index (χ1v) is 8.97. The third-order valence-electron chi connectivity index (χ3n) is 4.19. The number of hydrogen-bond acceptors (Lipinski definition) is 7. The molecule has 8 nitrogen and oxygen atoms in total. The topological polar surface area (TPSA) is 106 Å². The highest BCUT2D eigenvalue weighted by molar-refractivity contribution is 7.17. The third-order valence-corrected chi connectivity index (χ3v) is 4.99. The van der Waals surface area contributed by atoms with Gasteiger partial charge in [-0.1, -0.05) is 11.2 Å². The number of benzene rings is 1. The first-order valence-electron chi connectivity index (χ1n) is 8.15. The fourth-order valence-corrected chi connectivity index (χ4v) is 3.49. The third kappa shape index (κ3) is 3.13. The molecule has 0 aliphatic heterocycles. The number of carbonyl (C=O) groups is 1. The van der Waals surface area contributed by atoms with Crippen LogP contribution >= 0.6 is 11.3 Å². The van der Waals surface area contributed by atoms with E-state index < -0.39 is 0 Å². The van der Waals surface area contributed by atoms with E-state index in [1.807, 2.05) is 32.0 Å². The van der Waals surface area contributed by atoms with Gasteiger partial charge in [0.25, 0.3) is 11.1 Å². The van der Waals surface area contributed by atoms with Gasteiger partial charge in [-0.2, -0.15) is 5.10 Å². The highest BCUT2D eigenvalue weighted by Gasteiger charge is 2.19. The quantitative estimate of drug-likeness (QED) is 0.562. The van der Waals surface area contributed by atoms with E-state index >= 15 is 0 Å². The molecule has 27 heavy (non-hydrogen) atoms. The molecule has 2 N–H and O–H groups in total. The number of nitrogens with one attached hydrogen (secondary N) is 2. The summed E-state index contributed by atoms with van der Waals surface area (Å²) in [4.78, 5) is 17.2. The van der Waals surface area contributed by atoms with Crippen LogP contribution in [-0.4, -0.2) is 38.4 Å². The van der Waals surface area contributed by atoms with Crippen LogP contribution in [0.2, 0.25) is 0 Å². The summed E-state index contributed by atoms with van der Waals surface area (Å²) >= 11 is 1.16. The van der Waals surface area contributed by atoms with Gasteiger partial charge in [0, 0.05) is 17.3 Å². The number of methoxy groups -OCH3 is 1. The van der Waals surface area contributed by atoms with E-state index in [0.29, 0.717) is 15.9 Å². The average Bonchev–Trinajstić information content (AvgIpc) is 3.30. The standard InChI is InChI=1S/C18H16N6O2S/c1-9-4-5-14-13(8-20-22-14)15(9)11-6-10(2)19-7-12(11)16(25)21-17-23-24-18(26-3)27-17/h4-8H,1-3H3,(H,20,22)(H,21,23,25). The Morgan fingerprint density at radius 3 is 2.85 bits per heavy atom. The van der Waals surface area contributed by atoms with Crippen molar-refractivity contribution in [3.63, 3.8) is 0 Å². The molecule has 1 aromatic carbocycles. The van der Waals surface area contributed by atoms with Crippen molar-refractivity contribution in [2.45, 2.75) is 13.8 Å². The molecule has 9 heteroatoms. The molecule has 4 aromatic rings. The highest BCUT2D eigenvalue weighted by atomic mass is 32.1. The fourth-order valence-electron chi connectivity index (χ4n) is 2.94. The molecule has 0 atom stereocenters. The van der Waals surface area contributed by atoms with Crippen molar-refractivity contribution >= 4 is 33.3 Å². The molecule has 1 amide bonds. The molecule has 3 aromatic heterocycles. The van der Waals surface area contributed by atoms with Gasteiger partial charge >= 0.3 is 0 Å². The van der Waals surface area contributed by atoms with Crippen LogP contribution in [-0.2, 0) is 0 Å². The predicted octanol–water partition coefficient (Wildman–Crippen LogP) is 3.35. The maximum absolute atomic E-state index is 12.9. The molecule has 3 heterocycles. The van der Waals surface area contributed by atoms with Crippen LogP contribution in [0.1, 0.15) is 21.6 Å². The monoisotopic (exact) mass is 380 g/mol. The number of aryl methyl sites for hydroxylation is 2. The number of anilines is 1. The Morgan fingerprint density at radius 1 is 1.22 bits per heavy atom. The van der Waals surface area contributed by atoms with E-state index in [-0.39, 0.29) is 5.91 Å². The second-order valence-electron chi connectivity index (χ2n) is 5.99. The number of nitrogens with zero attached hydrogens (tertiary/aromatic N) is 4. The van der Waals surface area contributed by atoms with Gasteiger partial charge in [0.1, 0.15) is 0 Å². The summed E-state index contributed by atoms with van der Waals surface area (Å²) < 4.78 is 5.02. The van der Waals surface area contributed by atoms with E-state index in [1.54, 1.807) is 12.4 Å². The number of fused-ring (bicyclic) bond motifs is 1. The molecule has 0 bridgehead atoms. The van der Waals surface area contributed by atoms with Gasteiger partial charge in [-0.25, -0.2) is 0 Å². The molecule has 0 saturated carbocycles. The Bertz CT molecular complexity index is 1150. The van der Waals surface area contributed by atoms with E-state index in [2.05, 4.69) is 30.7 Å². The van der Waals surface area contributed by atoms with Crippen LogP contribution in [0.5, 0.6) is 5.19 Å². The van der Waals surface area contributed by atoms with Crippen molar-refractivity contribution < 1.29 is 9.53 Å². The van der Waals surface area contributed by atoms with Crippen molar-refractivity contribution in [2.24, 2.45) is 0 Å². The number of carbonyl (C=O) groups excluding carboxylic acids is 1. The number of H-pyrrole nitrogens is 1. The van der Waals surface area contributed by atoms with Gasteiger partial charge in [0.05, 0.1) is 24.4 Å². The summed E-state index contributed by atoms with van der Waals surface area (Å²) in [6.07, 6.45) is 3.35. The Balaban J connectivity index is 1.82. The summed E-state index contributed by atoms with van der Waals surface area (Å²) in [7, 11) is 1.50. The number of aromatic nitrogens is 5. The van der Waals surface area contributed by atoms with E-state index in [4.69, 9.17) is 4.74 Å². The summed E-state index contributed by atoms with van der Waals surface area (Å²) in [5.41, 5.74) is 4.96. The van der Waals surface area contributed by atoms with Crippen molar-refractivity contribution in [1.29, 1.82) is 0 Å². The number of hydrogen-bond donors (Lipinski definition) is 2. The summed E-state index contributed by atoms with van der Waals surface area (Å²) in [5.74, 6) is -0.309. The van der Waals surface area contributed by atoms with E-state index in [0.717, 1.165) is 44.6 Å². The Kier molecular flexibility index (Phi) is 4.28. The summed E-state index contributed by atoms with van der Waals surface area (Å²) in [6.45, 7) is 3.90. The first kappa shape index (κ1) is 17.1. The number of amides is 1. The number of pyridine rings is 1. The summed E-state index contributed by atoms with van der Waals surface area (Å²) in [6, 6.07) is 5.88. The van der Waals surface area contributed by atoms with Crippen LogP contribution in [0.25, 0.3) is 22.0 Å². The molecule has 0 saturated heterocycles. The molecule has 0 fully saturated rings. The maximum Gasteiger partial charge on any atom is 0.295 e. The minimum absolute atomic E-state index is 0.309. The van der Waals surface area contributed by atoms with Gasteiger partial charge in [-0.05, 0) is 54.0 Å². The van der Waals surface area contributed by atoms with Gasteiger partial charge in [-0.3, -0.25) is 20.2 Å². The number of ether oxygens (including phenoxy) is 1. The second kappa shape index (κ2) is 6.76. The van der Waals surface area contributed by atoms with E-state index in [9.17, 15) is 4.79 Å². The van der Waals surface area contributed by atoms with Gasteiger partial charge in [0.2, 0.25) is 5.13 Å². The Labute approximate surface area is 158 Å². The van der Waals surface area contributed by atoms with Crippen LogP contribution in [0.15, 0.2) is 30.6 Å². The Morgan fingerprint density at radius 2 is 2.07 bits per heavy atom. The zero-order chi connectivity index (χ0) is 19.0. The van der Waals surface area contributed by atoms with Crippen LogP contribution in [0.3, 0.4) is 0 Å². The largest absolute Gasteiger partial charge is 0.472 e. The lowest BCUT2D eigenvalue weighted by molar-refractivity contribution is 0.102. The van der Waals surface area contributed by atoms with Gasteiger partial charge < -0.3 is 4.74 Å². The lowest BCUT2D eigenvalue weighted by atomic mass is 9.93. The highest BCUT2D eigenvalue weighted by Crippen LogP contribution is 2.34. The predicted molar refractivity (Wildman–Crippen MR) is 103 cm³/mol. The van der Waals surface area contributed by atoms with Crippen LogP contribution in [0.4, 0.5) is 5.13 Å². The van der Waals surface area contributed by atoms with E-state index in [1.165, 1.54) is 7.11 Å². The van der Waals surface area contributed by atoms with Gasteiger partial charge in [0.15, 0.2) is 0 Å². The molecule has 0 radical (unpaired) electrons. The number of rotatable bonds is 4. The fraction of sp³-hybridized carbons (Fsp3) is 0.167. The lowest BCUT2D eigenvalue weighted by Gasteiger charge is -2.13. The number of aromatic amines is 1. The maximum atomic E-state index is 12.9. The molecule has 4 rings (SSSR count). The van der Waals surface area contributed by atoms with Crippen molar-refractivity contribution in [2.75, 3.05) is 12.4 Å².